The summed E-state index contributed by atoms with van der Waals surface area (Å²) in [6.07, 6.45) is 1.19. The summed E-state index contributed by atoms with van der Waals surface area (Å²) in [7, 11) is 1.73. The summed E-state index contributed by atoms with van der Waals surface area (Å²) < 4.78 is 19.2. The second-order valence-corrected chi connectivity index (χ2v) is 5.93. The van der Waals surface area contributed by atoms with Crippen molar-refractivity contribution in [2.24, 2.45) is 5.41 Å². The molecule has 2 rings (SSSR count). The molecule has 1 fully saturated rings. The predicted molar refractivity (Wildman–Crippen MR) is 72.6 cm³/mol. The quantitative estimate of drug-likeness (QED) is 0.881. The minimum Gasteiger partial charge on any atom is -0.508 e. The molecule has 0 saturated heterocycles. The van der Waals surface area contributed by atoms with E-state index in [-0.39, 0.29) is 29.1 Å². The van der Waals surface area contributed by atoms with Crippen molar-refractivity contribution in [2.75, 3.05) is 7.11 Å². The molecule has 0 aliphatic heterocycles. The van der Waals surface area contributed by atoms with Crippen LogP contribution in [0, 0.1) is 11.2 Å². The van der Waals surface area contributed by atoms with Crippen LogP contribution >= 0.6 is 0 Å². The van der Waals surface area contributed by atoms with Crippen molar-refractivity contribution < 1.29 is 14.2 Å². The van der Waals surface area contributed by atoms with Crippen LogP contribution in [0.5, 0.6) is 5.75 Å². The zero-order chi connectivity index (χ0) is 14.2. The highest BCUT2D eigenvalue weighted by atomic mass is 19.1. The van der Waals surface area contributed by atoms with Gasteiger partial charge in [0.25, 0.3) is 0 Å². The Kier molecular flexibility index (Phi) is 3.83. The molecule has 0 aromatic heterocycles. The number of phenolic OH excluding ortho intramolecular Hbond substituents is 1. The van der Waals surface area contributed by atoms with Gasteiger partial charge in [0.15, 0.2) is 0 Å². The molecule has 1 aromatic carbocycles. The fraction of sp³-hybridized carbons (Fsp3) is 0.600. The van der Waals surface area contributed by atoms with Crippen molar-refractivity contribution in [3.63, 3.8) is 0 Å². The lowest BCUT2D eigenvalue weighted by Gasteiger charge is -2.52. The first-order valence-corrected chi connectivity index (χ1v) is 6.63. The molecule has 0 amide bonds. The Bertz CT molecular complexity index is 461. The summed E-state index contributed by atoms with van der Waals surface area (Å²) in [4.78, 5) is 0. The average Bonchev–Trinajstić information content (AvgIpc) is 2.33. The summed E-state index contributed by atoms with van der Waals surface area (Å²) in [5.74, 6) is -0.419. The van der Waals surface area contributed by atoms with Gasteiger partial charge in [-0.1, -0.05) is 19.9 Å². The maximum absolute atomic E-state index is 13.8. The molecule has 1 aliphatic rings. The lowest BCUT2D eigenvalue weighted by molar-refractivity contribution is -0.1000. The van der Waals surface area contributed by atoms with E-state index in [0.29, 0.717) is 11.6 Å². The van der Waals surface area contributed by atoms with Gasteiger partial charge in [0.2, 0.25) is 0 Å². The van der Waals surface area contributed by atoms with E-state index in [0.717, 1.165) is 12.5 Å². The monoisotopic (exact) mass is 267 g/mol. The van der Waals surface area contributed by atoms with E-state index in [4.69, 9.17) is 4.74 Å². The SMILES string of the molecule is COC1CC(NC(C)c2ccc(O)cc2F)C1(C)C. The molecule has 0 heterocycles. The Morgan fingerprint density at radius 2 is 2.16 bits per heavy atom. The van der Waals surface area contributed by atoms with Crippen LogP contribution in [0.3, 0.4) is 0 Å². The maximum Gasteiger partial charge on any atom is 0.131 e. The van der Waals surface area contributed by atoms with Gasteiger partial charge >= 0.3 is 0 Å². The highest BCUT2D eigenvalue weighted by Crippen LogP contribution is 2.43. The van der Waals surface area contributed by atoms with E-state index in [9.17, 15) is 9.50 Å². The van der Waals surface area contributed by atoms with Crippen molar-refractivity contribution in [3.8, 4) is 5.75 Å². The van der Waals surface area contributed by atoms with Crippen LogP contribution in [0.25, 0.3) is 0 Å². The Labute approximate surface area is 113 Å². The molecule has 106 valence electrons. The van der Waals surface area contributed by atoms with Gasteiger partial charge in [0.1, 0.15) is 11.6 Å². The van der Waals surface area contributed by atoms with Crippen molar-refractivity contribution in [3.05, 3.63) is 29.6 Å². The van der Waals surface area contributed by atoms with E-state index < -0.39 is 0 Å². The van der Waals surface area contributed by atoms with Crippen molar-refractivity contribution in [1.29, 1.82) is 0 Å². The van der Waals surface area contributed by atoms with Crippen LogP contribution in [0.4, 0.5) is 4.39 Å². The van der Waals surface area contributed by atoms with E-state index in [2.05, 4.69) is 19.2 Å². The van der Waals surface area contributed by atoms with Crippen LogP contribution in [0.1, 0.15) is 38.8 Å². The first kappa shape index (κ1) is 14.3. The zero-order valence-electron chi connectivity index (χ0n) is 11.9. The second-order valence-electron chi connectivity index (χ2n) is 5.93. The summed E-state index contributed by atoms with van der Waals surface area (Å²) in [5, 5.41) is 12.7. The van der Waals surface area contributed by atoms with Crippen LogP contribution in [-0.2, 0) is 4.74 Å². The molecule has 0 bridgehead atoms. The molecule has 3 atom stereocenters. The summed E-state index contributed by atoms with van der Waals surface area (Å²) in [6, 6.07) is 4.50. The normalized spacial score (nSPS) is 26.8. The van der Waals surface area contributed by atoms with Gasteiger partial charge in [-0.2, -0.15) is 0 Å². The van der Waals surface area contributed by atoms with Crippen LogP contribution < -0.4 is 5.32 Å². The van der Waals surface area contributed by atoms with E-state index >= 15 is 0 Å². The van der Waals surface area contributed by atoms with Crippen LogP contribution in [0.15, 0.2) is 18.2 Å². The fourth-order valence-electron chi connectivity index (χ4n) is 2.83. The number of nitrogens with one attached hydrogen (secondary N) is 1. The average molecular weight is 267 g/mol. The van der Waals surface area contributed by atoms with Gasteiger partial charge in [-0.3, -0.25) is 0 Å². The molecule has 1 aromatic rings. The Morgan fingerprint density at radius 1 is 1.47 bits per heavy atom. The van der Waals surface area contributed by atoms with Crippen LogP contribution in [-0.4, -0.2) is 24.4 Å². The third-order valence-corrected chi connectivity index (χ3v) is 4.36. The first-order chi connectivity index (χ1) is 8.86. The molecule has 1 saturated carbocycles. The van der Waals surface area contributed by atoms with Gasteiger partial charge < -0.3 is 15.2 Å². The Hall–Kier alpha value is -1.13. The fourth-order valence-corrected chi connectivity index (χ4v) is 2.83. The number of methoxy groups -OCH3 is 1. The number of rotatable bonds is 4. The lowest BCUT2D eigenvalue weighted by Crippen LogP contribution is -2.61. The molecule has 1 aliphatic carbocycles. The molecule has 3 nitrogen and oxygen atoms in total. The number of phenols is 1. The summed E-state index contributed by atoms with van der Waals surface area (Å²) in [5.41, 5.74) is 0.630. The van der Waals surface area contributed by atoms with E-state index in [1.54, 1.807) is 13.2 Å². The topological polar surface area (TPSA) is 41.5 Å². The molecule has 3 unspecified atom stereocenters. The number of halogens is 1. The number of hydrogen-bond donors (Lipinski definition) is 2. The van der Waals surface area contributed by atoms with E-state index in [1.165, 1.54) is 6.07 Å². The molecular formula is C15H22FNO2. The minimum absolute atomic E-state index is 0.0446. The smallest absolute Gasteiger partial charge is 0.131 e. The Balaban J connectivity index is 2.04. The Morgan fingerprint density at radius 3 is 2.68 bits per heavy atom. The van der Waals surface area contributed by atoms with Gasteiger partial charge in [0, 0.05) is 36.2 Å². The van der Waals surface area contributed by atoms with Gasteiger partial charge in [-0.15, -0.1) is 0 Å². The predicted octanol–water partition coefficient (Wildman–Crippen LogP) is 3.00. The standard InChI is InChI=1S/C15H22FNO2/c1-9(11-6-5-10(18)7-12(11)16)17-13-8-14(19-4)15(13,2)3/h5-7,9,13-14,17-18H,8H2,1-4H3. The second kappa shape index (κ2) is 5.10. The highest BCUT2D eigenvalue weighted by molar-refractivity contribution is 5.29. The number of ether oxygens (including phenoxy) is 1. The molecule has 2 N–H and O–H groups in total. The molecule has 4 heteroatoms. The van der Waals surface area contributed by atoms with Gasteiger partial charge in [0.05, 0.1) is 6.10 Å². The van der Waals surface area contributed by atoms with E-state index in [1.807, 2.05) is 6.92 Å². The molecule has 0 radical (unpaired) electrons. The number of benzene rings is 1. The zero-order valence-corrected chi connectivity index (χ0v) is 11.9. The number of aromatic hydroxyl groups is 1. The summed E-state index contributed by atoms with van der Waals surface area (Å²) >= 11 is 0. The molecule has 19 heavy (non-hydrogen) atoms. The van der Waals surface area contributed by atoms with Crippen molar-refractivity contribution in [1.82, 2.24) is 5.32 Å². The van der Waals surface area contributed by atoms with Gasteiger partial charge in [-0.25, -0.2) is 4.39 Å². The van der Waals surface area contributed by atoms with Crippen molar-refractivity contribution in [2.45, 2.75) is 45.4 Å². The highest BCUT2D eigenvalue weighted by Gasteiger charge is 2.48. The number of hydrogen-bond acceptors (Lipinski definition) is 3. The first-order valence-electron chi connectivity index (χ1n) is 6.63. The largest absolute Gasteiger partial charge is 0.508 e. The molecule has 0 spiro atoms. The lowest BCUT2D eigenvalue weighted by atomic mass is 9.64. The maximum atomic E-state index is 13.8. The molecular weight excluding hydrogens is 245 g/mol. The van der Waals surface area contributed by atoms with Crippen LogP contribution in [0.2, 0.25) is 0 Å². The van der Waals surface area contributed by atoms with Gasteiger partial charge in [-0.05, 0) is 19.4 Å². The van der Waals surface area contributed by atoms with Crippen molar-refractivity contribution >= 4 is 0 Å². The minimum atomic E-state index is -0.375. The third kappa shape index (κ3) is 2.60. The summed E-state index contributed by atoms with van der Waals surface area (Å²) in [6.45, 7) is 6.25. The third-order valence-electron chi connectivity index (χ3n) is 4.36.